The fourth-order valence-electron chi connectivity index (χ4n) is 0.743. The molecule has 10 heteroatoms. The lowest BCUT2D eigenvalue weighted by atomic mass is 10.5. The molecule has 0 aromatic rings. The van der Waals surface area contributed by atoms with Crippen molar-refractivity contribution in [2.45, 2.75) is 19.1 Å². The number of rotatable bonds is 10. The zero-order valence-electron chi connectivity index (χ0n) is 9.21. The Morgan fingerprint density at radius 2 is 1.50 bits per heavy atom. The zero-order valence-corrected chi connectivity index (χ0v) is 10.8. The highest BCUT2D eigenvalue weighted by Crippen LogP contribution is 2.19. The van der Waals surface area contributed by atoms with Crippen molar-refractivity contribution < 1.29 is 36.5 Å². The van der Waals surface area contributed by atoms with E-state index in [0.29, 0.717) is 23.7 Å². The summed E-state index contributed by atoms with van der Waals surface area (Å²) in [6.45, 7) is -0.277. The van der Waals surface area contributed by atoms with Crippen molar-refractivity contribution in [1.29, 1.82) is 0 Å². The highest BCUT2D eigenvalue weighted by molar-refractivity contribution is 8.02. The summed E-state index contributed by atoms with van der Waals surface area (Å²) in [5.41, 5.74) is 0. The van der Waals surface area contributed by atoms with E-state index in [9.17, 15) is 22.0 Å². The van der Waals surface area contributed by atoms with Crippen molar-refractivity contribution in [3.63, 3.8) is 0 Å². The Morgan fingerprint density at radius 3 is 2.06 bits per heavy atom. The summed E-state index contributed by atoms with van der Waals surface area (Å²) in [6.07, 6.45) is -8.38. The van der Waals surface area contributed by atoms with Crippen LogP contribution in [0.4, 0.5) is 22.0 Å². The standard InChI is InChI=1S/C8H13F5O3S2/c9-7(10,11)16-6-18-5-4-17-3-1-2-15-8(12,13)14/h14H,1-6H2. The Bertz CT molecular complexity index is 188. The predicted octanol–water partition coefficient (Wildman–Crippen LogP) is 2.90. The van der Waals surface area contributed by atoms with Gasteiger partial charge in [-0.3, -0.25) is 9.47 Å². The van der Waals surface area contributed by atoms with Crippen LogP contribution in [0.3, 0.4) is 0 Å². The number of aliphatic hydroxyl groups is 1. The summed E-state index contributed by atoms with van der Waals surface area (Å²) in [7, 11) is 0. The highest BCUT2D eigenvalue weighted by Gasteiger charge is 2.28. The molecule has 110 valence electrons. The third-order valence-corrected chi connectivity index (χ3v) is 3.49. The minimum Gasteiger partial charge on any atom is -0.311 e. The molecule has 0 amide bonds. The first kappa shape index (κ1) is 18.2. The lowest BCUT2D eigenvalue weighted by Gasteiger charge is -2.09. The average molecular weight is 316 g/mol. The molecule has 0 aromatic carbocycles. The van der Waals surface area contributed by atoms with Gasteiger partial charge in [0.1, 0.15) is 5.94 Å². The molecule has 0 heterocycles. The number of ether oxygens (including phenoxy) is 2. The van der Waals surface area contributed by atoms with E-state index in [4.69, 9.17) is 5.11 Å². The number of alkyl halides is 5. The monoisotopic (exact) mass is 316 g/mol. The van der Waals surface area contributed by atoms with Gasteiger partial charge >= 0.3 is 12.7 Å². The first-order valence-corrected chi connectivity index (χ1v) is 7.12. The molecule has 0 aliphatic rings. The minimum absolute atomic E-state index is 0.277. The summed E-state index contributed by atoms with van der Waals surface area (Å²) >= 11 is 2.39. The van der Waals surface area contributed by atoms with E-state index in [2.05, 4.69) is 9.47 Å². The van der Waals surface area contributed by atoms with Crippen molar-refractivity contribution in [3.8, 4) is 0 Å². The van der Waals surface area contributed by atoms with Crippen LogP contribution in [-0.4, -0.2) is 47.6 Å². The minimum atomic E-state index is -4.60. The molecule has 0 saturated heterocycles. The molecular formula is C8H13F5O3S2. The van der Waals surface area contributed by atoms with Crippen LogP contribution in [0.1, 0.15) is 6.42 Å². The van der Waals surface area contributed by atoms with Crippen LogP contribution < -0.4 is 0 Å². The van der Waals surface area contributed by atoms with Crippen LogP contribution in [0.2, 0.25) is 0 Å². The van der Waals surface area contributed by atoms with E-state index in [-0.39, 0.29) is 6.61 Å². The molecule has 0 aliphatic heterocycles. The second-order valence-corrected chi connectivity index (χ2v) is 5.19. The second kappa shape index (κ2) is 9.18. The normalized spacial score (nSPS) is 13.0. The first-order chi connectivity index (χ1) is 8.21. The van der Waals surface area contributed by atoms with Crippen LogP contribution in [-0.2, 0) is 9.47 Å². The maximum atomic E-state index is 11.8. The van der Waals surface area contributed by atoms with E-state index in [0.717, 1.165) is 11.8 Å². The van der Waals surface area contributed by atoms with Gasteiger partial charge in [-0.25, -0.2) is 0 Å². The summed E-state index contributed by atoms with van der Waals surface area (Å²) in [4.78, 5) is 0. The summed E-state index contributed by atoms with van der Waals surface area (Å²) in [6, 6.07) is 0. The van der Waals surface area contributed by atoms with Crippen LogP contribution in [0.15, 0.2) is 0 Å². The van der Waals surface area contributed by atoms with Crippen LogP contribution in [0.5, 0.6) is 0 Å². The number of hydrogen-bond acceptors (Lipinski definition) is 5. The molecule has 0 saturated carbocycles. The highest BCUT2D eigenvalue weighted by atomic mass is 32.2. The molecule has 0 fully saturated rings. The molecule has 0 bridgehead atoms. The molecule has 0 unspecified atom stereocenters. The smallest absolute Gasteiger partial charge is 0.311 e. The van der Waals surface area contributed by atoms with Crippen molar-refractivity contribution in [3.05, 3.63) is 0 Å². The van der Waals surface area contributed by atoms with E-state index in [1.165, 1.54) is 11.8 Å². The molecule has 0 radical (unpaired) electrons. The maximum absolute atomic E-state index is 11.8. The molecule has 0 spiro atoms. The van der Waals surface area contributed by atoms with Gasteiger partial charge in [-0.1, -0.05) is 0 Å². The molecular weight excluding hydrogens is 303 g/mol. The van der Waals surface area contributed by atoms with Gasteiger partial charge in [0.05, 0.1) is 6.61 Å². The van der Waals surface area contributed by atoms with Gasteiger partial charge in [-0.2, -0.15) is 11.8 Å². The van der Waals surface area contributed by atoms with Gasteiger partial charge in [0.15, 0.2) is 0 Å². The second-order valence-electron chi connectivity index (χ2n) is 2.92. The molecule has 0 aromatic heterocycles. The van der Waals surface area contributed by atoms with E-state index >= 15 is 0 Å². The van der Waals surface area contributed by atoms with Crippen LogP contribution >= 0.6 is 23.5 Å². The predicted molar refractivity (Wildman–Crippen MR) is 59.5 cm³/mol. The van der Waals surface area contributed by atoms with Crippen molar-refractivity contribution in [2.24, 2.45) is 0 Å². The number of thioether (sulfide) groups is 2. The average Bonchev–Trinajstić information content (AvgIpc) is 2.17. The zero-order chi connectivity index (χ0) is 14.1. The quantitative estimate of drug-likeness (QED) is 0.381. The van der Waals surface area contributed by atoms with Gasteiger partial charge in [-0.05, 0) is 12.2 Å². The van der Waals surface area contributed by atoms with Crippen LogP contribution in [0.25, 0.3) is 0 Å². The Kier molecular flexibility index (Phi) is 9.30. The third kappa shape index (κ3) is 16.2. The van der Waals surface area contributed by atoms with Gasteiger partial charge < -0.3 is 5.11 Å². The molecule has 0 atom stereocenters. The molecule has 3 nitrogen and oxygen atoms in total. The third-order valence-electron chi connectivity index (χ3n) is 1.39. The van der Waals surface area contributed by atoms with Gasteiger partial charge in [0, 0.05) is 11.5 Å². The SMILES string of the molecule is OC(F)(F)OCCCSCCSCOC(F)(F)F. The number of hydrogen-bond donors (Lipinski definition) is 1. The van der Waals surface area contributed by atoms with Crippen molar-refractivity contribution in [2.75, 3.05) is 29.8 Å². The fourth-order valence-corrected chi connectivity index (χ4v) is 2.55. The summed E-state index contributed by atoms with van der Waals surface area (Å²) in [5, 5.41) is 7.91. The molecule has 0 aliphatic carbocycles. The van der Waals surface area contributed by atoms with Crippen molar-refractivity contribution >= 4 is 23.5 Å². The Balaban J connectivity index is 3.13. The largest absolute Gasteiger partial charge is 0.523 e. The topological polar surface area (TPSA) is 38.7 Å². The lowest BCUT2D eigenvalue weighted by Crippen LogP contribution is -2.20. The van der Waals surface area contributed by atoms with Gasteiger partial charge in [0.2, 0.25) is 0 Å². The lowest BCUT2D eigenvalue weighted by molar-refractivity contribution is -0.370. The maximum Gasteiger partial charge on any atom is 0.523 e. The summed E-state index contributed by atoms with van der Waals surface area (Å²) < 4.78 is 65.4. The molecule has 18 heavy (non-hydrogen) atoms. The van der Waals surface area contributed by atoms with Crippen molar-refractivity contribution in [1.82, 2.24) is 0 Å². The van der Waals surface area contributed by atoms with E-state index < -0.39 is 18.6 Å². The Hall–Kier alpha value is 0.230. The van der Waals surface area contributed by atoms with Gasteiger partial charge in [-0.15, -0.1) is 33.7 Å². The Labute approximate surface area is 109 Å². The van der Waals surface area contributed by atoms with Crippen LogP contribution in [0, 0.1) is 0 Å². The van der Waals surface area contributed by atoms with E-state index in [1.807, 2.05) is 0 Å². The first-order valence-electron chi connectivity index (χ1n) is 4.81. The Morgan fingerprint density at radius 1 is 0.889 bits per heavy atom. The number of halogens is 5. The molecule has 1 N–H and O–H groups in total. The molecule has 0 rings (SSSR count). The fraction of sp³-hybridized carbons (Fsp3) is 1.00. The van der Waals surface area contributed by atoms with E-state index in [1.54, 1.807) is 0 Å². The van der Waals surface area contributed by atoms with Gasteiger partial charge in [0.25, 0.3) is 0 Å². The summed E-state index contributed by atoms with van der Waals surface area (Å²) in [5.74, 6) is 1.12.